The normalized spacial score (nSPS) is 18.2. The van der Waals surface area contributed by atoms with Gasteiger partial charge in [0.25, 0.3) is 0 Å². The summed E-state index contributed by atoms with van der Waals surface area (Å²) in [6, 6.07) is 14.4. The van der Waals surface area contributed by atoms with Gasteiger partial charge in [0.2, 0.25) is 5.91 Å². The van der Waals surface area contributed by atoms with Crippen molar-refractivity contribution < 1.29 is 4.79 Å². The number of imidazole rings is 1. The van der Waals surface area contributed by atoms with E-state index in [1.54, 1.807) is 0 Å². The van der Waals surface area contributed by atoms with E-state index in [1.165, 1.54) is 11.3 Å². The molecule has 3 heterocycles. The van der Waals surface area contributed by atoms with Crippen LogP contribution in [0.4, 0.5) is 0 Å². The lowest BCUT2D eigenvalue weighted by atomic mass is 9.90. The molecule has 0 bridgehead atoms. The highest BCUT2D eigenvalue weighted by molar-refractivity contribution is 5.91. The van der Waals surface area contributed by atoms with Gasteiger partial charge in [-0.05, 0) is 62.6 Å². The summed E-state index contributed by atoms with van der Waals surface area (Å²) in [6.07, 6.45) is 10.9. The lowest BCUT2D eigenvalue weighted by Crippen LogP contribution is -2.44. The highest BCUT2D eigenvalue weighted by Crippen LogP contribution is 2.50. The molecular weight excluding hydrogens is 384 g/mol. The van der Waals surface area contributed by atoms with Gasteiger partial charge >= 0.3 is 0 Å². The number of hydrogen-bond acceptors (Lipinski definition) is 3. The second kappa shape index (κ2) is 8.29. The molecule has 5 nitrogen and oxygen atoms in total. The molecule has 0 spiro atoms. The summed E-state index contributed by atoms with van der Waals surface area (Å²) in [5.74, 6) is 2.02. The summed E-state index contributed by atoms with van der Waals surface area (Å²) in [5, 5.41) is 0. The van der Waals surface area contributed by atoms with Crippen molar-refractivity contribution in [3.8, 4) is 11.4 Å². The van der Waals surface area contributed by atoms with Crippen LogP contribution in [0.2, 0.25) is 0 Å². The van der Waals surface area contributed by atoms with Crippen LogP contribution in [0.15, 0.2) is 61.1 Å². The monoisotopic (exact) mass is 414 g/mol. The molecule has 160 valence electrons. The first-order valence-corrected chi connectivity index (χ1v) is 11.4. The fourth-order valence-electron chi connectivity index (χ4n) is 5.02. The topological polar surface area (TPSA) is 51.0 Å². The van der Waals surface area contributed by atoms with Crippen LogP contribution in [0, 0.1) is 12.8 Å². The molecule has 3 aromatic rings. The zero-order chi connectivity index (χ0) is 21.3. The largest absolute Gasteiger partial charge is 0.342 e. The van der Waals surface area contributed by atoms with Crippen molar-refractivity contribution in [1.29, 1.82) is 0 Å². The minimum Gasteiger partial charge on any atom is -0.342 e. The van der Waals surface area contributed by atoms with Crippen LogP contribution < -0.4 is 0 Å². The van der Waals surface area contributed by atoms with E-state index in [0.717, 1.165) is 63.1 Å². The number of piperidine rings is 1. The number of aryl methyl sites for hydroxylation is 1. The van der Waals surface area contributed by atoms with Crippen molar-refractivity contribution in [3.63, 3.8) is 0 Å². The van der Waals surface area contributed by atoms with Crippen LogP contribution in [-0.2, 0) is 16.8 Å². The summed E-state index contributed by atoms with van der Waals surface area (Å²) in [4.78, 5) is 24.2. The van der Waals surface area contributed by atoms with E-state index in [2.05, 4.69) is 38.5 Å². The Balaban J connectivity index is 1.18. The molecule has 31 heavy (non-hydrogen) atoms. The number of pyridine rings is 1. The molecule has 5 rings (SSSR count). The van der Waals surface area contributed by atoms with Gasteiger partial charge in [0, 0.05) is 49.5 Å². The maximum atomic E-state index is 13.3. The summed E-state index contributed by atoms with van der Waals surface area (Å²) in [7, 11) is 0. The first-order valence-electron chi connectivity index (χ1n) is 11.4. The number of carbonyl (C=O) groups is 1. The molecule has 1 aliphatic carbocycles. The standard InChI is InChI=1S/C26H30N4O/c1-20-19-28-24(22-7-14-27-15-8-22)30(20)18-11-21-9-16-29(17-10-21)25(31)26(12-13-26)23-5-3-2-4-6-23/h2-8,14-15,19,21H,9-13,16-18H2,1H3. The highest BCUT2D eigenvalue weighted by Gasteiger charge is 2.53. The van der Waals surface area contributed by atoms with Gasteiger partial charge in [0.05, 0.1) is 5.41 Å². The fourth-order valence-corrected chi connectivity index (χ4v) is 5.02. The van der Waals surface area contributed by atoms with Crippen molar-refractivity contribution in [3.05, 3.63) is 72.3 Å². The Morgan fingerprint density at radius 2 is 1.77 bits per heavy atom. The van der Waals surface area contributed by atoms with E-state index in [4.69, 9.17) is 0 Å². The number of hydrogen-bond donors (Lipinski definition) is 0. The lowest BCUT2D eigenvalue weighted by molar-refractivity contribution is -0.135. The van der Waals surface area contributed by atoms with Crippen molar-refractivity contribution in [2.45, 2.75) is 51.0 Å². The molecular formula is C26H30N4O. The zero-order valence-electron chi connectivity index (χ0n) is 18.2. The SMILES string of the molecule is Cc1cnc(-c2ccncc2)n1CCC1CCN(C(=O)C2(c3ccccc3)CC2)CC1. The summed E-state index contributed by atoms with van der Waals surface area (Å²) in [5.41, 5.74) is 3.26. The van der Waals surface area contributed by atoms with Gasteiger partial charge < -0.3 is 9.47 Å². The molecule has 2 aliphatic rings. The molecule has 2 fully saturated rings. The van der Waals surface area contributed by atoms with Crippen LogP contribution in [0.3, 0.4) is 0 Å². The summed E-state index contributed by atoms with van der Waals surface area (Å²) < 4.78 is 2.32. The third kappa shape index (κ3) is 3.89. The molecule has 1 amide bonds. The van der Waals surface area contributed by atoms with Crippen LogP contribution in [0.5, 0.6) is 0 Å². The second-order valence-electron chi connectivity index (χ2n) is 9.08. The Morgan fingerprint density at radius 1 is 1.06 bits per heavy atom. The predicted molar refractivity (Wildman–Crippen MR) is 121 cm³/mol. The van der Waals surface area contributed by atoms with Crippen molar-refractivity contribution in [1.82, 2.24) is 19.4 Å². The fraction of sp³-hybridized carbons (Fsp3) is 0.423. The summed E-state index contributed by atoms with van der Waals surface area (Å²) >= 11 is 0. The van der Waals surface area contributed by atoms with Gasteiger partial charge in [-0.2, -0.15) is 0 Å². The smallest absolute Gasteiger partial charge is 0.233 e. The predicted octanol–water partition coefficient (Wildman–Crippen LogP) is 4.61. The van der Waals surface area contributed by atoms with Crippen molar-refractivity contribution in [2.75, 3.05) is 13.1 Å². The molecule has 0 radical (unpaired) electrons. The van der Waals surface area contributed by atoms with Gasteiger partial charge in [-0.3, -0.25) is 9.78 Å². The first kappa shape index (κ1) is 20.0. The molecule has 1 aromatic carbocycles. The molecule has 0 unspecified atom stereocenters. The maximum Gasteiger partial charge on any atom is 0.233 e. The number of aromatic nitrogens is 3. The summed E-state index contributed by atoms with van der Waals surface area (Å²) in [6.45, 7) is 4.87. The number of nitrogens with zero attached hydrogens (tertiary/aromatic N) is 4. The number of carbonyl (C=O) groups excluding carboxylic acids is 1. The van der Waals surface area contributed by atoms with E-state index >= 15 is 0 Å². The van der Waals surface area contributed by atoms with Gasteiger partial charge in [-0.1, -0.05) is 30.3 Å². The molecule has 1 saturated carbocycles. The van der Waals surface area contributed by atoms with E-state index in [-0.39, 0.29) is 5.41 Å². The Hall–Kier alpha value is -2.95. The van der Waals surface area contributed by atoms with Crippen LogP contribution >= 0.6 is 0 Å². The van der Waals surface area contributed by atoms with Gasteiger partial charge in [0.15, 0.2) is 0 Å². The Kier molecular flexibility index (Phi) is 5.34. The number of benzene rings is 1. The molecule has 5 heteroatoms. The van der Waals surface area contributed by atoms with Gasteiger partial charge in [-0.15, -0.1) is 0 Å². The first-order chi connectivity index (χ1) is 15.2. The number of rotatable bonds is 6. The maximum absolute atomic E-state index is 13.3. The lowest BCUT2D eigenvalue weighted by Gasteiger charge is -2.34. The Morgan fingerprint density at radius 3 is 2.45 bits per heavy atom. The second-order valence-corrected chi connectivity index (χ2v) is 9.08. The Bertz CT molecular complexity index is 1030. The molecule has 0 atom stereocenters. The van der Waals surface area contributed by atoms with Gasteiger partial charge in [0.1, 0.15) is 5.82 Å². The molecule has 1 aliphatic heterocycles. The third-order valence-electron chi connectivity index (χ3n) is 7.14. The number of likely N-dealkylation sites (tertiary alicyclic amines) is 1. The van der Waals surface area contributed by atoms with E-state index < -0.39 is 0 Å². The van der Waals surface area contributed by atoms with Crippen molar-refractivity contribution >= 4 is 5.91 Å². The van der Waals surface area contributed by atoms with E-state index in [9.17, 15) is 4.79 Å². The van der Waals surface area contributed by atoms with E-state index in [1.807, 2.05) is 48.9 Å². The molecule has 2 aromatic heterocycles. The van der Waals surface area contributed by atoms with Crippen LogP contribution in [-0.4, -0.2) is 38.4 Å². The quantitative estimate of drug-likeness (QED) is 0.592. The molecule has 1 saturated heterocycles. The van der Waals surface area contributed by atoms with Gasteiger partial charge in [-0.25, -0.2) is 4.98 Å². The van der Waals surface area contributed by atoms with Crippen LogP contribution in [0.25, 0.3) is 11.4 Å². The van der Waals surface area contributed by atoms with Crippen LogP contribution in [0.1, 0.15) is 43.4 Å². The van der Waals surface area contributed by atoms with E-state index in [0.29, 0.717) is 11.8 Å². The number of amides is 1. The minimum absolute atomic E-state index is 0.235. The van der Waals surface area contributed by atoms with Crippen molar-refractivity contribution in [2.24, 2.45) is 5.92 Å². The highest BCUT2D eigenvalue weighted by atomic mass is 16.2. The Labute approximate surface area is 184 Å². The third-order valence-corrected chi connectivity index (χ3v) is 7.14. The minimum atomic E-state index is -0.235. The average molecular weight is 415 g/mol. The zero-order valence-corrected chi connectivity index (χ0v) is 18.2. The average Bonchev–Trinajstić information content (AvgIpc) is 3.56. The molecule has 0 N–H and O–H groups in total.